The minimum Gasteiger partial charge on any atom is -0.362 e. The summed E-state index contributed by atoms with van der Waals surface area (Å²) in [7, 11) is -3.56. The van der Waals surface area contributed by atoms with Crippen molar-refractivity contribution in [1.82, 2.24) is 4.90 Å². The fourth-order valence-electron chi connectivity index (χ4n) is 1.29. The number of sulfonamides is 1. The molecule has 0 bridgehead atoms. The first kappa shape index (κ1) is 13.7. The Kier molecular flexibility index (Phi) is 4.69. The van der Waals surface area contributed by atoms with Crippen LogP contribution in [-0.4, -0.2) is 32.7 Å². The standard InChI is InChI=1S/C12H18N2O2S/c1-4-14(5-2)10-13-17(15,16)12-8-6-11(3)7-9-12/h6-10H,4-5H2,1-3H3/b13-10+. The van der Waals surface area contributed by atoms with Gasteiger partial charge >= 0.3 is 0 Å². The molecule has 0 aromatic heterocycles. The molecule has 0 fully saturated rings. The van der Waals surface area contributed by atoms with E-state index in [2.05, 4.69) is 4.40 Å². The van der Waals surface area contributed by atoms with Crippen LogP contribution in [0, 0.1) is 6.92 Å². The van der Waals surface area contributed by atoms with Gasteiger partial charge in [-0.05, 0) is 32.9 Å². The van der Waals surface area contributed by atoms with E-state index in [1.165, 1.54) is 6.34 Å². The molecule has 1 rings (SSSR count). The van der Waals surface area contributed by atoms with Crippen molar-refractivity contribution in [2.75, 3.05) is 13.1 Å². The molecule has 17 heavy (non-hydrogen) atoms. The summed E-state index contributed by atoms with van der Waals surface area (Å²) in [4.78, 5) is 2.05. The lowest BCUT2D eigenvalue weighted by Crippen LogP contribution is -2.21. The number of rotatable bonds is 5. The summed E-state index contributed by atoms with van der Waals surface area (Å²) < 4.78 is 27.4. The summed E-state index contributed by atoms with van der Waals surface area (Å²) >= 11 is 0. The zero-order chi connectivity index (χ0) is 12.9. The van der Waals surface area contributed by atoms with Crippen LogP contribution in [0.5, 0.6) is 0 Å². The van der Waals surface area contributed by atoms with Crippen LogP contribution in [0.3, 0.4) is 0 Å². The third-order valence-corrected chi connectivity index (χ3v) is 3.72. The number of benzene rings is 1. The molecule has 0 spiro atoms. The normalized spacial score (nSPS) is 11.9. The van der Waals surface area contributed by atoms with Crippen molar-refractivity contribution in [3.05, 3.63) is 29.8 Å². The minimum atomic E-state index is -3.56. The number of hydrogen-bond acceptors (Lipinski definition) is 2. The van der Waals surface area contributed by atoms with E-state index in [0.717, 1.165) is 18.7 Å². The Morgan fingerprint density at radius 3 is 2.18 bits per heavy atom. The second kappa shape index (κ2) is 5.82. The lowest BCUT2D eigenvalue weighted by atomic mass is 10.2. The highest BCUT2D eigenvalue weighted by Gasteiger charge is 2.11. The highest BCUT2D eigenvalue weighted by Crippen LogP contribution is 2.12. The third-order valence-electron chi connectivity index (χ3n) is 2.48. The Bertz CT molecular complexity index is 474. The smallest absolute Gasteiger partial charge is 0.283 e. The SMILES string of the molecule is CCN(/C=N/S(=O)(=O)c1ccc(C)cc1)CC. The van der Waals surface area contributed by atoms with Crippen molar-refractivity contribution < 1.29 is 8.42 Å². The average molecular weight is 254 g/mol. The van der Waals surface area contributed by atoms with E-state index in [1.54, 1.807) is 24.3 Å². The van der Waals surface area contributed by atoms with Crippen LogP contribution in [-0.2, 0) is 10.0 Å². The van der Waals surface area contributed by atoms with Crippen LogP contribution in [0.1, 0.15) is 19.4 Å². The Morgan fingerprint density at radius 1 is 1.18 bits per heavy atom. The van der Waals surface area contributed by atoms with Gasteiger partial charge in [0, 0.05) is 13.1 Å². The van der Waals surface area contributed by atoms with E-state index in [1.807, 2.05) is 25.7 Å². The third kappa shape index (κ3) is 3.85. The van der Waals surface area contributed by atoms with Gasteiger partial charge in [-0.15, -0.1) is 4.40 Å². The van der Waals surface area contributed by atoms with Gasteiger partial charge in [0.2, 0.25) is 0 Å². The zero-order valence-corrected chi connectivity index (χ0v) is 11.2. The van der Waals surface area contributed by atoms with Crippen molar-refractivity contribution in [1.29, 1.82) is 0 Å². The zero-order valence-electron chi connectivity index (χ0n) is 10.4. The molecule has 0 saturated heterocycles. The van der Waals surface area contributed by atoms with Crippen molar-refractivity contribution in [2.45, 2.75) is 25.7 Å². The number of hydrogen-bond donors (Lipinski definition) is 0. The molecule has 1 aromatic rings. The molecule has 0 aliphatic heterocycles. The molecule has 0 heterocycles. The van der Waals surface area contributed by atoms with Gasteiger partial charge in [0.15, 0.2) is 0 Å². The Hall–Kier alpha value is -1.36. The molecule has 4 nitrogen and oxygen atoms in total. The molecule has 94 valence electrons. The molecule has 0 saturated carbocycles. The summed E-state index contributed by atoms with van der Waals surface area (Å²) in [6, 6.07) is 6.67. The van der Waals surface area contributed by atoms with Gasteiger partial charge in [0.05, 0.1) is 4.90 Å². The largest absolute Gasteiger partial charge is 0.362 e. The second-order valence-electron chi connectivity index (χ2n) is 3.73. The van der Waals surface area contributed by atoms with E-state index < -0.39 is 10.0 Å². The van der Waals surface area contributed by atoms with E-state index in [9.17, 15) is 8.42 Å². The summed E-state index contributed by atoms with van der Waals surface area (Å²) in [6.07, 6.45) is 1.38. The van der Waals surface area contributed by atoms with E-state index >= 15 is 0 Å². The molecule has 0 atom stereocenters. The van der Waals surface area contributed by atoms with E-state index in [0.29, 0.717) is 0 Å². The Morgan fingerprint density at radius 2 is 1.71 bits per heavy atom. The average Bonchev–Trinajstić information content (AvgIpc) is 2.31. The molecule has 5 heteroatoms. The van der Waals surface area contributed by atoms with Crippen molar-refractivity contribution >= 4 is 16.4 Å². The van der Waals surface area contributed by atoms with E-state index in [-0.39, 0.29) is 4.90 Å². The van der Waals surface area contributed by atoms with Crippen LogP contribution < -0.4 is 0 Å². The maximum Gasteiger partial charge on any atom is 0.283 e. The summed E-state index contributed by atoms with van der Waals surface area (Å²) in [5.41, 5.74) is 1.02. The fourth-order valence-corrected chi connectivity index (χ4v) is 2.15. The van der Waals surface area contributed by atoms with E-state index in [4.69, 9.17) is 0 Å². The van der Waals surface area contributed by atoms with Crippen molar-refractivity contribution in [3.8, 4) is 0 Å². The maximum atomic E-state index is 11.9. The topological polar surface area (TPSA) is 49.7 Å². The van der Waals surface area contributed by atoms with Gasteiger partial charge in [-0.1, -0.05) is 17.7 Å². The van der Waals surface area contributed by atoms with Crippen LogP contribution in [0.2, 0.25) is 0 Å². The fraction of sp³-hybridized carbons (Fsp3) is 0.417. The molecular formula is C12H18N2O2S. The first-order valence-electron chi connectivity index (χ1n) is 5.60. The minimum absolute atomic E-state index is 0.228. The summed E-state index contributed by atoms with van der Waals surface area (Å²) in [5.74, 6) is 0. The van der Waals surface area contributed by atoms with Gasteiger partial charge in [-0.2, -0.15) is 8.42 Å². The Labute approximate surface area is 103 Å². The number of nitrogens with zero attached hydrogens (tertiary/aromatic N) is 2. The second-order valence-corrected chi connectivity index (χ2v) is 5.36. The predicted molar refractivity (Wildman–Crippen MR) is 69.8 cm³/mol. The van der Waals surface area contributed by atoms with Crippen molar-refractivity contribution in [2.24, 2.45) is 4.40 Å². The number of aryl methyl sites for hydroxylation is 1. The highest BCUT2D eigenvalue weighted by molar-refractivity contribution is 7.90. The molecule has 0 unspecified atom stereocenters. The maximum absolute atomic E-state index is 11.9. The molecule has 0 radical (unpaired) electrons. The lowest BCUT2D eigenvalue weighted by molar-refractivity contribution is 0.480. The van der Waals surface area contributed by atoms with Gasteiger partial charge in [0.1, 0.15) is 6.34 Å². The van der Waals surface area contributed by atoms with Crippen molar-refractivity contribution in [3.63, 3.8) is 0 Å². The highest BCUT2D eigenvalue weighted by atomic mass is 32.2. The molecule has 0 aliphatic carbocycles. The molecule has 0 amide bonds. The summed E-state index contributed by atoms with van der Waals surface area (Å²) in [5, 5.41) is 0. The first-order valence-corrected chi connectivity index (χ1v) is 7.04. The van der Waals surface area contributed by atoms with Gasteiger partial charge in [0.25, 0.3) is 10.0 Å². The van der Waals surface area contributed by atoms with Gasteiger partial charge in [-0.3, -0.25) is 0 Å². The van der Waals surface area contributed by atoms with Crippen LogP contribution >= 0.6 is 0 Å². The summed E-state index contributed by atoms with van der Waals surface area (Å²) in [6.45, 7) is 7.30. The van der Waals surface area contributed by atoms with Crippen LogP contribution in [0.15, 0.2) is 33.6 Å². The molecule has 0 N–H and O–H groups in total. The molecular weight excluding hydrogens is 236 g/mol. The molecule has 1 aromatic carbocycles. The Balaban J connectivity index is 2.92. The van der Waals surface area contributed by atoms with Crippen LogP contribution in [0.25, 0.3) is 0 Å². The first-order chi connectivity index (χ1) is 7.99. The molecule has 0 aliphatic rings. The van der Waals surface area contributed by atoms with Gasteiger partial charge in [-0.25, -0.2) is 0 Å². The monoisotopic (exact) mass is 254 g/mol. The van der Waals surface area contributed by atoms with Gasteiger partial charge < -0.3 is 4.90 Å². The predicted octanol–water partition coefficient (Wildman–Crippen LogP) is 2.05. The quantitative estimate of drug-likeness (QED) is 0.597. The van der Waals surface area contributed by atoms with Crippen LogP contribution in [0.4, 0.5) is 0 Å². The lowest BCUT2D eigenvalue weighted by Gasteiger charge is -2.13.